The summed E-state index contributed by atoms with van der Waals surface area (Å²) in [5.41, 5.74) is 3.67. The van der Waals surface area contributed by atoms with Crippen LogP contribution in [0.3, 0.4) is 0 Å². The fourth-order valence-electron chi connectivity index (χ4n) is 3.05. The molecule has 2 N–H and O–H groups in total. The van der Waals surface area contributed by atoms with E-state index in [4.69, 9.17) is 0 Å². The molecule has 7 heteroatoms. The molecule has 4 rings (SSSR count). The number of nitrogens with one attached hydrogen (secondary N) is 2. The summed E-state index contributed by atoms with van der Waals surface area (Å²) >= 11 is 0. The maximum atomic E-state index is 12.2. The van der Waals surface area contributed by atoms with E-state index in [0.29, 0.717) is 11.8 Å². The van der Waals surface area contributed by atoms with Gasteiger partial charge in [-0.15, -0.1) is 10.2 Å². The van der Waals surface area contributed by atoms with E-state index < -0.39 is 0 Å². The van der Waals surface area contributed by atoms with Gasteiger partial charge in [-0.1, -0.05) is 60.7 Å². The van der Waals surface area contributed by atoms with Crippen molar-refractivity contribution >= 4 is 29.7 Å². The Morgan fingerprint density at radius 2 is 1.65 bits per heavy atom. The monoisotopic (exact) mass is 410 g/mol. The lowest BCUT2D eigenvalue weighted by molar-refractivity contribution is -0.114. The molecule has 4 aromatic rings. The van der Waals surface area contributed by atoms with Crippen molar-refractivity contribution in [1.82, 2.24) is 19.7 Å². The van der Waals surface area contributed by atoms with Crippen LogP contribution in [0.25, 0.3) is 23.5 Å². The van der Waals surface area contributed by atoms with Crippen LogP contribution in [0.2, 0.25) is 0 Å². The average Bonchev–Trinajstić information content (AvgIpc) is 3.18. The Kier molecular flexibility index (Phi) is 6.13. The SMILES string of the molecule is Cn1c(NCC(=O)Nc2ccccc2)nnc1-c1cncc(C=Cc2ccccc2)c1. The standard InChI is InChI=1S/C24H22N6O/c1-30-23(20-14-19(15-25-16-20)13-12-18-8-4-2-5-9-18)28-29-24(30)26-17-22(31)27-21-10-6-3-7-11-21/h2-16H,17H2,1H3,(H,26,29)(H,27,31). The van der Waals surface area contributed by atoms with Gasteiger partial charge in [0, 0.05) is 30.7 Å². The predicted molar refractivity (Wildman–Crippen MR) is 123 cm³/mol. The van der Waals surface area contributed by atoms with Gasteiger partial charge >= 0.3 is 0 Å². The minimum Gasteiger partial charge on any atom is -0.345 e. The summed E-state index contributed by atoms with van der Waals surface area (Å²) in [5, 5.41) is 14.3. The lowest BCUT2D eigenvalue weighted by atomic mass is 10.1. The number of benzene rings is 2. The zero-order valence-corrected chi connectivity index (χ0v) is 17.1. The van der Waals surface area contributed by atoms with E-state index >= 15 is 0 Å². The van der Waals surface area contributed by atoms with Gasteiger partial charge in [0.15, 0.2) is 5.82 Å². The minimum absolute atomic E-state index is 0.0823. The van der Waals surface area contributed by atoms with Crippen LogP contribution in [0.4, 0.5) is 11.6 Å². The smallest absolute Gasteiger partial charge is 0.243 e. The van der Waals surface area contributed by atoms with Crippen LogP contribution in [0.15, 0.2) is 79.1 Å². The Hall–Kier alpha value is -4.26. The molecule has 0 saturated heterocycles. The summed E-state index contributed by atoms with van der Waals surface area (Å²) in [6.07, 6.45) is 7.59. The van der Waals surface area contributed by atoms with Crippen molar-refractivity contribution in [1.29, 1.82) is 0 Å². The maximum absolute atomic E-state index is 12.2. The molecular formula is C24H22N6O. The third kappa shape index (κ3) is 5.22. The van der Waals surface area contributed by atoms with Crippen molar-refractivity contribution in [3.63, 3.8) is 0 Å². The normalized spacial score (nSPS) is 10.9. The van der Waals surface area contributed by atoms with Crippen LogP contribution in [0.5, 0.6) is 0 Å². The number of rotatable bonds is 7. The van der Waals surface area contributed by atoms with Crippen LogP contribution in [-0.4, -0.2) is 32.2 Å². The zero-order valence-electron chi connectivity index (χ0n) is 17.1. The highest BCUT2D eigenvalue weighted by Crippen LogP contribution is 2.20. The molecule has 0 saturated carbocycles. The van der Waals surface area contributed by atoms with Crippen LogP contribution in [-0.2, 0) is 11.8 Å². The molecule has 0 bridgehead atoms. The highest BCUT2D eigenvalue weighted by molar-refractivity contribution is 5.93. The maximum Gasteiger partial charge on any atom is 0.243 e. The molecule has 0 radical (unpaired) electrons. The number of pyridine rings is 1. The van der Waals surface area contributed by atoms with Crippen molar-refractivity contribution in [2.24, 2.45) is 7.05 Å². The topological polar surface area (TPSA) is 84.7 Å². The number of aromatic nitrogens is 4. The molecule has 0 unspecified atom stereocenters. The molecule has 0 spiro atoms. The van der Waals surface area contributed by atoms with E-state index in [9.17, 15) is 4.79 Å². The third-order valence-corrected chi connectivity index (χ3v) is 4.62. The molecule has 0 aliphatic carbocycles. The van der Waals surface area contributed by atoms with Gasteiger partial charge in [-0.25, -0.2) is 0 Å². The number of anilines is 2. The summed E-state index contributed by atoms with van der Waals surface area (Å²) in [6, 6.07) is 21.4. The van der Waals surface area contributed by atoms with Crippen LogP contribution in [0, 0.1) is 0 Å². The first-order chi connectivity index (χ1) is 15.2. The third-order valence-electron chi connectivity index (χ3n) is 4.62. The van der Waals surface area contributed by atoms with E-state index in [1.165, 1.54) is 0 Å². The largest absolute Gasteiger partial charge is 0.345 e. The van der Waals surface area contributed by atoms with E-state index in [0.717, 1.165) is 22.4 Å². The molecule has 31 heavy (non-hydrogen) atoms. The van der Waals surface area contributed by atoms with E-state index in [-0.39, 0.29) is 12.5 Å². The molecule has 154 valence electrons. The first-order valence-corrected chi connectivity index (χ1v) is 9.86. The number of amides is 1. The quantitative estimate of drug-likeness (QED) is 0.479. The van der Waals surface area contributed by atoms with Crippen molar-refractivity contribution in [2.75, 3.05) is 17.2 Å². The molecule has 0 aliphatic heterocycles. The van der Waals surface area contributed by atoms with Gasteiger partial charge in [0.05, 0.1) is 6.54 Å². The molecule has 0 fully saturated rings. The van der Waals surface area contributed by atoms with Crippen molar-refractivity contribution < 1.29 is 4.79 Å². The van der Waals surface area contributed by atoms with E-state index in [1.807, 2.05) is 85.9 Å². The molecule has 0 atom stereocenters. The molecule has 1 amide bonds. The summed E-state index contributed by atoms with van der Waals surface area (Å²) in [7, 11) is 1.85. The number of carbonyl (C=O) groups excluding carboxylic acids is 1. The van der Waals surface area contributed by atoms with Gasteiger partial charge in [-0.05, 0) is 29.3 Å². The Balaban J connectivity index is 1.43. The van der Waals surface area contributed by atoms with Crippen LogP contribution < -0.4 is 10.6 Å². The Bertz CT molecular complexity index is 1190. The first-order valence-electron chi connectivity index (χ1n) is 9.86. The van der Waals surface area contributed by atoms with Gasteiger partial charge in [-0.3, -0.25) is 14.3 Å². The second kappa shape index (κ2) is 9.49. The Morgan fingerprint density at radius 3 is 2.42 bits per heavy atom. The highest BCUT2D eigenvalue weighted by Gasteiger charge is 2.12. The molecular weight excluding hydrogens is 388 g/mol. The Labute approximate surface area is 180 Å². The fourth-order valence-corrected chi connectivity index (χ4v) is 3.05. The van der Waals surface area contributed by atoms with Gasteiger partial charge < -0.3 is 10.6 Å². The number of hydrogen-bond acceptors (Lipinski definition) is 5. The number of carbonyl (C=O) groups is 1. The summed E-state index contributed by atoms with van der Waals surface area (Å²) < 4.78 is 1.80. The molecule has 2 heterocycles. The summed E-state index contributed by atoms with van der Waals surface area (Å²) in [5.74, 6) is 1.00. The lowest BCUT2D eigenvalue weighted by Crippen LogP contribution is -2.23. The number of para-hydroxylation sites is 1. The van der Waals surface area contributed by atoms with E-state index in [2.05, 4.69) is 25.8 Å². The number of hydrogen-bond donors (Lipinski definition) is 2. The van der Waals surface area contributed by atoms with Gasteiger partial charge in [-0.2, -0.15) is 0 Å². The summed E-state index contributed by atoms with van der Waals surface area (Å²) in [6.45, 7) is 0.0823. The summed E-state index contributed by atoms with van der Waals surface area (Å²) in [4.78, 5) is 16.5. The predicted octanol–water partition coefficient (Wildman–Crippen LogP) is 4.10. The highest BCUT2D eigenvalue weighted by atomic mass is 16.1. The van der Waals surface area contributed by atoms with Crippen molar-refractivity contribution in [3.8, 4) is 11.4 Å². The minimum atomic E-state index is -0.162. The molecule has 7 nitrogen and oxygen atoms in total. The molecule has 0 aliphatic rings. The van der Waals surface area contributed by atoms with E-state index in [1.54, 1.807) is 17.0 Å². The van der Waals surface area contributed by atoms with Gasteiger partial charge in [0.1, 0.15) is 0 Å². The second-order valence-electron chi connectivity index (χ2n) is 6.92. The van der Waals surface area contributed by atoms with Gasteiger partial charge in [0.2, 0.25) is 11.9 Å². The van der Waals surface area contributed by atoms with Gasteiger partial charge in [0.25, 0.3) is 0 Å². The zero-order chi connectivity index (χ0) is 21.5. The van der Waals surface area contributed by atoms with Crippen molar-refractivity contribution in [2.45, 2.75) is 0 Å². The lowest BCUT2D eigenvalue weighted by Gasteiger charge is -2.08. The van der Waals surface area contributed by atoms with Crippen LogP contribution >= 0.6 is 0 Å². The first kappa shape index (κ1) is 20.0. The Morgan fingerprint density at radius 1 is 0.935 bits per heavy atom. The molecule has 2 aromatic heterocycles. The average molecular weight is 410 g/mol. The second-order valence-corrected chi connectivity index (χ2v) is 6.92. The fraction of sp³-hybridized carbons (Fsp3) is 0.0833. The molecule has 2 aromatic carbocycles. The van der Waals surface area contributed by atoms with Crippen molar-refractivity contribution in [3.05, 3.63) is 90.3 Å². The van der Waals surface area contributed by atoms with Crippen LogP contribution in [0.1, 0.15) is 11.1 Å². The number of nitrogens with zero attached hydrogens (tertiary/aromatic N) is 4.